The van der Waals surface area contributed by atoms with Gasteiger partial charge in [0.05, 0.1) is 12.5 Å². The molecule has 0 bridgehead atoms. The lowest BCUT2D eigenvalue weighted by Gasteiger charge is -2.30. The number of rotatable bonds is 8. The van der Waals surface area contributed by atoms with Gasteiger partial charge in [0.15, 0.2) is 0 Å². The van der Waals surface area contributed by atoms with Gasteiger partial charge in [-0.05, 0) is 58.3 Å². The Morgan fingerprint density at radius 1 is 1.10 bits per heavy atom. The number of likely N-dealkylation sites (tertiary alicyclic amines) is 2. The van der Waals surface area contributed by atoms with E-state index in [4.69, 9.17) is 4.52 Å². The van der Waals surface area contributed by atoms with Crippen molar-refractivity contribution in [3.8, 4) is 11.4 Å². The Labute approximate surface area is 172 Å². The third kappa shape index (κ3) is 5.64. The first-order valence-corrected chi connectivity index (χ1v) is 10.9. The van der Waals surface area contributed by atoms with Crippen molar-refractivity contribution in [2.24, 2.45) is 5.92 Å². The number of benzene rings is 1. The minimum absolute atomic E-state index is 0.0482. The summed E-state index contributed by atoms with van der Waals surface area (Å²) in [6.45, 7) is 6.61. The molecule has 0 radical (unpaired) electrons. The van der Waals surface area contributed by atoms with Crippen LogP contribution in [-0.4, -0.2) is 65.1 Å². The predicted octanol–water partition coefficient (Wildman–Crippen LogP) is 2.55. The van der Waals surface area contributed by atoms with Crippen LogP contribution in [0.1, 0.15) is 38.0 Å². The van der Waals surface area contributed by atoms with Gasteiger partial charge in [-0.15, -0.1) is 0 Å². The maximum absolute atomic E-state index is 12.6. The van der Waals surface area contributed by atoms with E-state index in [-0.39, 0.29) is 11.8 Å². The molecular weight excluding hydrogens is 366 g/mol. The average Bonchev–Trinajstić information content (AvgIpc) is 3.44. The summed E-state index contributed by atoms with van der Waals surface area (Å²) in [5.74, 6) is 1.46. The molecule has 1 amide bonds. The molecule has 0 saturated carbocycles. The zero-order valence-corrected chi connectivity index (χ0v) is 17.1. The van der Waals surface area contributed by atoms with Crippen molar-refractivity contribution in [1.82, 2.24) is 25.3 Å². The van der Waals surface area contributed by atoms with Gasteiger partial charge in [-0.3, -0.25) is 9.69 Å². The zero-order valence-electron chi connectivity index (χ0n) is 17.1. The van der Waals surface area contributed by atoms with Crippen LogP contribution in [0.2, 0.25) is 0 Å². The smallest absolute Gasteiger partial charge is 0.241 e. The molecule has 2 fully saturated rings. The number of piperidine rings is 1. The number of carbonyl (C=O) groups excluding carboxylic acids is 1. The van der Waals surface area contributed by atoms with Crippen LogP contribution in [0.15, 0.2) is 34.9 Å². The fraction of sp³-hybridized carbons (Fsp3) is 0.591. The van der Waals surface area contributed by atoms with Crippen molar-refractivity contribution in [1.29, 1.82) is 0 Å². The van der Waals surface area contributed by atoms with E-state index < -0.39 is 0 Å². The first-order chi connectivity index (χ1) is 14.3. The second-order valence-electron chi connectivity index (χ2n) is 8.15. The first-order valence-electron chi connectivity index (χ1n) is 10.9. The van der Waals surface area contributed by atoms with Crippen LogP contribution in [0.25, 0.3) is 11.4 Å². The average molecular weight is 398 g/mol. The van der Waals surface area contributed by atoms with E-state index in [9.17, 15) is 4.79 Å². The van der Waals surface area contributed by atoms with Gasteiger partial charge >= 0.3 is 0 Å². The summed E-state index contributed by atoms with van der Waals surface area (Å²) in [5, 5.41) is 7.24. The fourth-order valence-corrected chi connectivity index (χ4v) is 4.29. The molecule has 0 spiro atoms. The van der Waals surface area contributed by atoms with Crippen LogP contribution in [-0.2, 0) is 11.3 Å². The first kappa shape index (κ1) is 20.0. The van der Waals surface area contributed by atoms with Gasteiger partial charge in [-0.25, -0.2) is 0 Å². The maximum atomic E-state index is 12.6. The van der Waals surface area contributed by atoms with Crippen LogP contribution in [0.3, 0.4) is 0 Å². The topological polar surface area (TPSA) is 74.5 Å². The largest absolute Gasteiger partial charge is 0.356 e. The van der Waals surface area contributed by atoms with Crippen molar-refractivity contribution >= 4 is 5.91 Å². The summed E-state index contributed by atoms with van der Waals surface area (Å²) >= 11 is 0. The van der Waals surface area contributed by atoms with Crippen LogP contribution in [0.4, 0.5) is 0 Å². The minimum atomic E-state index is 0.0482. The Kier molecular flexibility index (Phi) is 6.90. The van der Waals surface area contributed by atoms with Crippen molar-refractivity contribution in [3.63, 3.8) is 0 Å². The third-order valence-corrected chi connectivity index (χ3v) is 5.88. The Morgan fingerprint density at radius 2 is 1.90 bits per heavy atom. The van der Waals surface area contributed by atoms with Gasteiger partial charge in [-0.2, -0.15) is 4.98 Å². The van der Waals surface area contributed by atoms with Gasteiger partial charge in [0.25, 0.3) is 0 Å². The number of nitrogens with one attached hydrogen (secondary N) is 1. The SMILES string of the molecule is O=C(NCCCN1CCCC1)C1CCCN(Cc2nc(-c3ccccc3)no2)C1. The van der Waals surface area contributed by atoms with E-state index in [0.717, 1.165) is 51.0 Å². The number of hydrogen-bond acceptors (Lipinski definition) is 6. The summed E-state index contributed by atoms with van der Waals surface area (Å²) in [4.78, 5) is 21.8. The monoisotopic (exact) mass is 397 g/mol. The molecule has 156 valence electrons. The Morgan fingerprint density at radius 3 is 2.72 bits per heavy atom. The molecule has 7 heteroatoms. The summed E-state index contributed by atoms with van der Waals surface area (Å²) in [6.07, 6.45) is 5.64. The fourth-order valence-electron chi connectivity index (χ4n) is 4.29. The van der Waals surface area contributed by atoms with Gasteiger partial charge in [0.1, 0.15) is 0 Å². The lowest BCUT2D eigenvalue weighted by Crippen LogP contribution is -2.43. The van der Waals surface area contributed by atoms with E-state index in [1.54, 1.807) is 0 Å². The zero-order chi connectivity index (χ0) is 19.9. The molecule has 1 aromatic heterocycles. The molecule has 1 unspecified atom stereocenters. The molecule has 2 aromatic rings. The Balaban J connectivity index is 1.22. The van der Waals surface area contributed by atoms with E-state index >= 15 is 0 Å². The Bertz CT molecular complexity index is 773. The van der Waals surface area contributed by atoms with Crippen LogP contribution in [0.5, 0.6) is 0 Å². The number of amides is 1. The number of nitrogens with zero attached hydrogens (tertiary/aromatic N) is 4. The summed E-state index contributed by atoms with van der Waals surface area (Å²) in [7, 11) is 0. The van der Waals surface area contributed by atoms with Gasteiger partial charge in [-0.1, -0.05) is 35.5 Å². The molecule has 0 aliphatic carbocycles. The van der Waals surface area contributed by atoms with E-state index in [2.05, 4.69) is 25.3 Å². The predicted molar refractivity (Wildman–Crippen MR) is 111 cm³/mol. The normalized spacial score (nSPS) is 20.8. The highest BCUT2D eigenvalue weighted by Crippen LogP contribution is 2.20. The molecule has 1 aromatic carbocycles. The quantitative estimate of drug-likeness (QED) is 0.690. The second-order valence-corrected chi connectivity index (χ2v) is 8.15. The van der Waals surface area contributed by atoms with Gasteiger partial charge in [0, 0.05) is 18.7 Å². The highest BCUT2D eigenvalue weighted by molar-refractivity contribution is 5.78. The Hall–Kier alpha value is -2.25. The van der Waals surface area contributed by atoms with Crippen LogP contribution in [0, 0.1) is 5.92 Å². The molecule has 1 N–H and O–H groups in total. The highest BCUT2D eigenvalue weighted by atomic mass is 16.5. The summed E-state index contributed by atoms with van der Waals surface area (Å²) in [6, 6.07) is 9.84. The molecule has 29 heavy (non-hydrogen) atoms. The number of carbonyl (C=O) groups is 1. The summed E-state index contributed by atoms with van der Waals surface area (Å²) < 4.78 is 5.44. The van der Waals surface area contributed by atoms with Crippen molar-refractivity contribution in [2.75, 3.05) is 39.3 Å². The standard InChI is InChI=1S/C22H31N5O2/c28-22(23-11-7-15-26-12-4-5-13-26)19-10-6-14-27(16-19)17-20-24-21(25-29-20)18-8-2-1-3-9-18/h1-3,8-9,19H,4-7,10-17H2,(H,23,28). The van der Waals surface area contributed by atoms with Crippen molar-refractivity contribution in [3.05, 3.63) is 36.2 Å². The molecule has 2 aliphatic heterocycles. The molecule has 4 rings (SSSR count). The lowest BCUT2D eigenvalue weighted by atomic mass is 9.97. The van der Waals surface area contributed by atoms with Crippen LogP contribution < -0.4 is 5.32 Å². The number of aromatic nitrogens is 2. The molecular formula is C22H31N5O2. The van der Waals surface area contributed by atoms with Crippen LogP contribution >= 0.6 is 0 Å². The van der Waals surface area contributed by atoms with Gasteiger partial charge in [0.2, 0.25) is 17.6 Å². The van der Waals surface area contributed by atoms with Crippen molar-refractivity contribution < 1.29 is 9.32 Å². The molecule has 7 nitrogen and oxygen atoms in total. The molecule has 3 heterocycles. The maximum Gasteiger partial charge on any atom is 0.241 e. The van der Waals surface area contributed by atoms with E-state index in [0.29, 0.717) is 18.3 Å². The molecule has 1 atom stereocenters. The van der Waals surface area contributed by atoms with E-state index in [1.165, 1.54) is 25.9 Å². The van der Waals surface area contributed by atoms with Crippen molar-refractivity contribution in [2.45, 2.75) is 38.6 Å². The lowest BCUT2D eigenvalue weighted by molar-refractivity contribution is -0.126. The number of hydrogen-bond donors (Lipinski definition) is 1. The molecule has 2 aliphatic rings. The minimum Gasteiger partial charge on any atom is -0.356 e. The van der Waals surface area contributed by atoms with Gasteiger partial charge < -0.3 is 14.7 Å². The third-order valence-electron chi connectivity index (χ3n) is 5.88. The molecule has 2 saturated heterocycles. The second kappa shape index (κ2) is 9.98. The highest BCUT2D eigenvalue weighted by Gasteiger charge is 2.26. The van der Waals surface area contributed by atoms with E-state index in [1.807, 2.05) is 30.3 Å². The summed E-state index contributed by atoms with van der Waals surface area (Å²) in [5.41, 5.74) is 0.951.